The molecule has 14 heavy (non-hydrogen) atoms. The second-order valence-corrected chi connectivity index (χ2v) is 4.14. The summed E-state index contributed by atoms with van der Waals surface area (Å²) in [6.45, 7) is 0. The number of rotatable bonds is 2. The Hall–Kier alpha value is -0.870. The van der Waals surface area contributed by atoms with Crippen LogP contribution in [0.4, 0.5) is 11.4 Å². The molecule has 1 heterocycles. The van der Waals surface area contributed by atoms with Crippen LogP contribution in [0.25, 0.3) is 0 Å². The largest absolute Gasteiger partial charge is 0.372 e. The third-order valence-corrected chi connectivity index (χ3v) is 3.09. The van der Waals surface area contributed by atoms with E-state index in [1.807, 2.05) is 18.2 Å². The Morgan fingerprint density at radius 1 is 1.57 bits per heavy atom. The Balaban J connectivity index is 2.28. The SMILES string of the molecule is O=C1CSc2ccc(NCCl)cc2N1. The van der Waals surface area contributed by atoms with Gasteiger partial charge in [0.25, 0.3) is 0 Å². The van der Waals surface area contributed by atoms with Crippen LogP contribution in [0.15, 0.2) is 23.1 Å². The second-order valence-electron chi connectivity index (χ2n) is 2.86. The highest BCUT2D eigenvalue weighted by Crippen LogP contribution is 2.33. The Morgan fingerprint density at radius 2 is 2.43 bits per heavy atom. The first-order valence-corrected chi connectivity index (χ1v) is 5.68. The molecule has 2 N–H and O–H groups in total. The van der Waals surface area contributed by atoms with Gasteiger partial charge in [0.05, 0.1) is 17.4 Å². The molecule has 1 aromatic carbocycles. The average Bonchev–Trinajstić information content (AvgIpc) is 2.17. The van der Waals surface area contributed by atoms with Crippen LogP contribution in [-0.2, 0) is 4.79 Å². The van der Waals surface area contributed by atoms with Gasteiger partial charge in [-0.1, -0.05) is 0 Å². The number of thioether (sulfide) groups is 1. The van der Waals surface area contributed by atoms with E-state index < -0.39 is 0 Å². The van der Waals surface area contributed by atoms with Crippen LogP contribution in [0.3, 0.4) is 0 Å². The van der Waals surface area contributed by atoms with Gasteiger partial charge in [0.15, 0.2) is 0 Å². The summed E-state index contributed by atoms with van der Waals surface area (Å²) in [7, 11) is 0. The lowest BCUT2D eigenvalue weighted by Crippen LogP contribution is -2.18. The molecule has 74 valence electrons. The van der Waals surface area contributed by atoms with E-state index in [1.54, 1.807) is 11.8 Å². The maximum atomic E-state index is 11.1. The Labute approximate surface area is 91.2 Å². The summed E-state index contributed by atoms with van der Waals surface area (Å²) in [6.07, 6.45) is 0. The van der Waals surface area contributed by atoms with Gasteiger partial charge < -0.3 is 10.6 Å². The van der Waals surface area contributed by atoms with Crippen molar-refractivity contribution in [3.63, 3.8) is 0 Å². The fourth-order valence-electron chi connectivity index (χ4n) is 1.27. The monoisotopic (exact) mass is 228 g/mol. The van der Waals surface area contributed by atoms with Gasteiger partial charge in [-0.25, -0.2) is 0 Å². The van der Waals surface area contributed by atoms with Gasteiger partial charge in [-0.3, -0.25) is 4.79 Å². The standard InChI is InChI=1S/C9H9ClN2OS/c10-5-11-6-1-2-8-7(3-6)12-9(13)4-14-8/h1-3,11H,4-5H2,(H,12,13). The zero-order chi connectivity index (χ0) is 9.97. The molecule has 0 aromatic heterocycles. The van der Waals surface area contributed by atoms with Gasteiger partial charge in [-0.05, 0) is 18.2 Å². The van der Waals surface area contributed by atoms with Crippen LogP contribution >= 0.6 is 23.4 Å². The van der Waals surface area contributed by atoms with Crippen molar-refractivity contribution in [3.8, 4) is 0 Å². The van der Waals surface area contributed by atoms with Gasteiger partial charge in [-0.2, -0.15) is 0 Å². The highest BCUT2D eigenvalue weighted by atomic mass is 35.5. The molecule has 1 aliphatic rings. The van der Waals surface area contributed by atoms with Crippen molar-refractivity contribution in [3.05, 3.63) is 18.2 Å². The van der Waals surface area contributed by atoms with E-state index >= 15 is 0 Å². The first-order chi connectivity index (χ1) is 6.79. The van der Waals surface area contributed by atoms with E-state index in [4.69, 9.17) is 11.6 Å². The molecule has 2 rings (SSSR count). The number of carbonyl (C=O) groups excluding carboxylic acids is 1. The summed E-state index contributed by atoms with van der Waals surface area (Å²) in [6, 6.07) is 6.18. The zero-order valence-electron chi connectivity index (χ0n) is 7.34. The predicted molar refractivity (Wildman–Crippen MR) is 60.1 cm³/mol. The van der Waals surface area contributed by atoms with Crippen LogP contribution in [0.5, 0.6) is 0 Å². The van der Waals surface area contributed by atoms with E-state index in [9.17, 15) is 4.79 Å². The maximum absolute atomic E-state index is 11.1. The van der Waals surface area contributed by atoms with Crippen LogP contribution in [0.2, 0.25) is 0 Å². The lowest BCUT2D eigenvalue weighted by molar-refractivity contribution is -0.113. The molecule has 0 fully saturated rings. The topological polar surface area (TPSA) is 41.1 Å². The smallest absolute Gasteiger partial charge is 0.234 e. The number of nitrogens with one attached hydrogen (secondary N) is 2. The van der Waals surface area contributed by atoms with Gasteiger partial charge in [0.2, 0.25) is 5.91 Å². The molecule has 0 saturated heterocycles. The second kappa shape index (κ2) is 4.11. The highest BCUT2D eigenvalue weighted by Gasteiger charge is 2.14. The number of halogens is 1. The molecule has 1 aliphatic heterocycles. The van der Waals surface area contributed by atoms with Gasteiger partial charge in [0, 0.05) is 10.6 Å². The van der Waals surface area contributed by atoms with Crippen LogP contribution in [0, 0.1) is 0 Å². The van der Waals surface area contributed by atoms with Crippen molar-refractivity contribution in [2.24, 2.45) is 0 Å². The summed E-state index contributed by atoms with van der Waals surface area (Å²) in [5.41, 5.74) is 1.78. The molecule has 5 heteroatoms. The Kier molecular flexibility index (Phi) is 2.84. The van der Waals surface area contributed by atoms with Crippen molar-refractivity contribution in [2.45, 2.75) is 4.90 Å². The third-order valence-electron chi connectivity index (χ3n) is 1.88. The predicted octanol–water partition coefficient (Wildman–Crippen LogP) is 2.34. The summed E-state index contributed by atoms with van der Waals surface area (Å²) >= 11 is 7.10. The number of amides is 1. The van der Waals surface area contributed by atoms with E-state index in [1.165, 1.54) is 0 Å². The van der Waals surface area contributed by atoms with Gasteiger partial charge in [0.1, 0.15) is 0 Å². The number of benzene rings is 1. The molecule has 0 bridgehead atoms. The average molecular weight is 229 g/mol. The molecule has 0 unspecified atom stereocenters. The number of hydrogen-bond donors (Lipinski definition) is 2. The van der Waals surface area contributed by atoms with Crippen molar-refractivity contribution in [1.29, 1.82) is 0 Å². The lowest BCUT2D eigenvalue weighted by atomic mass is 10.2. The minimum absolute atomic E-state index is 0.0468. The molecule has 0 atom stereocenters. The zero-order valence-corrected chi connectivity index (χ0v) is 8.91. The summed E-state index contributed by atoms with van der Waals surface area (Å²) < 4.78 is 0. The van der Waals surface area contributed by atoms with Crippen LogP contribution in [0.1, 0.15) is 0 Å². The molecule has 1 aromatic rings. The minimum atomic E-state index is 0.0468. The molecule has 0 saturated carbocycles. The molecule has 0 radical (unpaired) electrons. The Bertz CT molecular complexity index is 370. The number of carbonyl (C=O) groups is 1. The van der Waals surface area contributed by atoms with E-state index in [0.29, 0.717) is 11.8 Å². The third kappa shape index (κ3) is 1.96. The van der Waals surface area contributed by atoms with Crippen LogP contribution < -0.4 is 10.6 Å². The highest BCUT2D eigenvalue weighted by molar-refractivity contribution is 8.00. The first kappa shape index (κ1) is 9.68. The summed E-state index contributed by atoms with van der Waals surface area (Å²) in [5.74, 6) is 0.542. The molecule has 0 spiro atoms. The lowest BCUT2D eigenvalue weighted by Gasteiger charge is -2.17. The number of anilines is 2. The molecule has 1 amide bonds. The fraction of sp³-hybridized carbons (Fsp3) is 0.222. The molecule has 0 aliphatic carbocycles. The van der Waals surface area contributed by atoms with Crippen molar-refractivity contribution in [2.75, 3.05) is 22.4 Å². The van der Waals surface area contributed by atoms with E-state index in [0.717, 1.165) is 16.3 Å². The normalized spacial score (nSPS) is 14.5. The van der Waals surface area contributed by atoms with Crippen molar-refractivity contribution < 1.29 is 4.79 Å². The number of fused-ring (bicyclic) bond motifs is 1. The fourth-order valence-corrected chi connectivity index (χ4v) is 2.21. The van der Waals surface area contributed by atoms with E-state index in [2.05, 4.69) is 10.6 Å². The van der Waals surface area contributed by atoms with Gasteiger partial charge in [-0.15, -0.1) is 23.4 Å². The van der Waals surface area contributed by atoms with E-state index in [-0.39, 0.29) is 5.91 Å². The quantitative estimate of drug-likeness (QED) is 0.603. The maximum Gasteiger partial charge on any atom is 0.234 e. The van der Waals surface area contributed by atoms with Crippen LogP contribution in [-0.4, -0.2) is 17.7 Å². The number of alkyl halides is 1. The molecular formula is C9H9ClN2OS. The summed E-state index contributed by atoms with van der Waals surface area (Å²) in [5, 5.41) is 5.79. The Morgan fingerprint density at radius 3 is 3.21 bits per heavy atom. The van der Waals surface area contributed by atoms with Crippen molar-refractivity contribution >= 4 is 40.6 Å². The van der Waals surface area contributed by atoms with Crippen molar-refractivity contribution in [1.82, 2.24) is 0 Å². The summed E-state index contributed by atoms with van der Waals surface area (Å²) in [4.78, 5) is 12.2. The molecular weight excluding hydrogens is 220 g/mol. The van der Waals surface area contributed by atoms with Gasteiger partial charge >= 0.3 is 0 Å². The first-order valence-electron chi connectivity index (χ1n) is 4.16. The molecule has 3 nitrogen and oxygen atoms in total. The number of hydrogen-bond acceptors (Lipinski definition) is 3. The minimum Gasteiger partial charge on any atom is -0.372 e.